The maximum Gasteiger partial charge on any atom is 0.336 e. The zero-order chi connectivity index (χ0) is 20.3. The first-order chi connectivity index (χ1) is 13.5. The third-order valence-electron chi connectivity index (χ3n) is 5.01. The molecule has 1 aliphatic heterocycles. The molecule has 1 atom stereocenters. The second-order valence-electron chi connectivity index (χ2n) is 6.60. The Hall–Kier alpha value is -3.15. The summed E-state index contributed by atoms with van der Waals surface area (Å²) in [5, 5.41) is 0. The van der Waals surface area contributed by atoms with Gasteiger partial charge < -0.3 is 14.4 Å². The Balaban J connectivity index is 2.00. The molecule has 0 N–H and O–H groups in total. The molecule has 146 valence electrons. The van der Waals surface area contributed by atoms with Crippen LogP contribution in [0.3, 0.4) is 0 Å². The van der Waals surface area contributed by atoms with Crippen LogP contribution in [-0.4, -0.2) is 31.0 Å². The average Bonchev–Trinajstić information content (AvgIpc) is 2.71. The van der Waals surface area contributed by atoms with Crippen LogP contribution >= 0.6 is 0 Å². The zero-order valence-corrected chi connectivity index (χ0v) is 16.1. The molecule has 1 heterocycles. The van der Waals surface area contributed by atoms with E-state index in [1.54, 1.807) is 37.1 Å². The quantitative estimate of drug-likeness (QED) is 0.737. The van der Waals surface area contributed by atoms with E-state index < -0.39 is 17.7 Å². The van der Waals surface area contributed by atoms with E-state index in [1.165, 1.54) is 13.2 Å². The Morgan fingerprint density at radius 1 is 1.14 bits per heavy atom. The largest absolute Gasteiger partial charge is 0.497 e. The van der Waals surface area contributed by atoms with E-state index in [2.05, 4.69) is 0 Å². The van der Waals surface area contributed by atoms with Crippen LogP contribution in [0.15, 0.2) is 59.8 Å². The molecule has 3 rings (SSSR count). The van der Waals surface area contributed by atoms with Crippen molar-refractivity contribution in [2.45, 2.75) is 25.8 Å². The van der Waals surface area contributed by atoms with Gasteiger partial charge in [-0.2, -0.15) is 0 Å². The van der Waals surface area contributed by atoms with Crippen molar-refractivity contribution in [3.63, 3.8) is 0 Å². The monoisotopic (exact) mass is 383 g/mol. The Bertz CT molecular complexity index is 920. The Morgan fingerprint density at radius 3 is 2.43 bits per heavy atom. The molecule has 28 heavy (non-hydrogen) atoms. The fourth-order valence-corrected chi connectivity index (χ4v) is 3.51. The summed E-state index contributed by atoms with van der Waals surface area (Å²) in [5.74, 6) is -1.13. The topological polar surface area (TPSA) is 55.8 Å². The number of carbonyl (C=O) groups excluding carboxylic acids is 2. The number of hydrogen-bond donors (Lipinski definition) is 0. The van der Waals surface area contributed by atoms with Crippen LogP contribution in [0.4, 0.5) is 4.39 Å². The summed E-state index contributed by atoms with van der Waals surface area (Å²) >= 11 is 0. The molecule has 1 aliphatic rings. The summed E-state index contributed by atoms with van der Waals surface area (Å²) < 4.78 is 24.5. The maximum absolute atomic E-state index is 14.4. The van der Waals surface area contributed by atoms with Crippen LogP contribution in [0.25, 0.3) is 0 Å². The van der Waals surface area contributed by atoms with Gasteiger partial charge in [-0.15, -0.1) is 0 Å². The highest BCUT2D eigenvalue weighted by molar-refractivity contribution is 5.95. The van der Waals surface area contributed by atoms with Crippen molar-refractivity contribution < 1.29 is 23.5 Å². The molecule has 0 saturated carbocycles. The van der Waals surface area contributed by atoms with Crippen LogP contribution in [-0.2, 0) is 20.9 Å². The van der Waals surface area contributed by atoms with Crippen LogP contribution in [0.5, 0.6) is 5.75 Å². The zero-order valence-electron chi connectivity index (χ0n) is 16.1. The molecule has 5 nitrogen and oxygen atoms in total. The molecule has 0 aromatic heterocycles. The van der Waals surface area contributed by atoms with Gasteiger partial charge in [-0.25, -0.2) is 9.18 Å². The van der Waals surface area contributed by atoms with E-state index in [0.717, 1.165) is 11.3 Å². The molecule has 0 saturated heterocycles. The van der Waals surface area contributed by atoms with Gasteiger partial charge in [0.1, 0.15) is 11.6 Å². The van der Waals surface area contributed by atoms with Gasteiger partial charge >= 0.3 is 5.97 Å². The van der Waals surface area contributed by atoms with E-state index in [-0.39, 0.29) is 12.3 Å². The molecule has 0 radical (unpaired) electrons. The summed E-state index contributed by atoms with van der Waals surface area (Å²) in [5.41, 5.74) is 2.00. The van der Waals surface area contributed by atoms with Crippen molar-refractivity contribution in [2.24, 2.45) is 0 Å². The highest BCUT2D eigenvalue weighted by Gasteiger charge is 2.37. The lowest BCUT2D eigenvalue weighted by atomic mass is 9.83. The second kappa shape index (κ2) is 8.25. The number of hydrogen-bond acceptors (Lipinski definition) is 4. The van der Waals surface area contributed by atoms with Crippen LogP contribution in [0, 0.1) is 5.82 Å². The Kier molecular flexibility index (Phi) is 5.78. The summed E-state index contributed by atoms with van der Waals surface area (Å²) in [6.07, 6.45) is -0.00113. The van der Waals surface area contributed by atoms with Crippen molar-refractivity contribution in [1.82, 2.24) is 4.90 Å². The van der Waals surface area contributed by atoms with Gasteiger partial charge in [0.05, 0.1) is 26.3 Å². The minimum Gasteiger partial charge on any atom is -0.497 e. The molecule has 0 bridgehead atoms. The standard InChI is InChI=1S/C22H22FNO4/c1-14-21(22(26)28-3)18(17-6-4-5-7-19(17)23)12-20(25)24(14)13-15-8-10-16(27-2)11-9-15/h4-11,18H,12-13H2,1-3H3. The maximum atomic E-state index is 14.4. The average molecular weight is 383 g/mol. The van der Waals surface area contributed by atoms with Gasteiger partial charge in [-0.05, 0) is 36.2 Å². The third-order valence-corrected chi connectivity index (χ3v) is 5.01. The first-order valence-electron chi connectivity index (χ1n) is 8.93. The van der Waals surface area contributed by atoms with Gasteiger partial charge in [0.2, 0.25) is 5.91 Å². The number of allylic oxidation sites excluding steroid dienone is 1. The number of halogens is 1. The van der Waals surface area contributed by atoms with Gasteiger partial charge in [0.15, 0.2) is 0 Å². The summed E-state index contributed by atoms with van der Waals surface area (Å²) in [6, 6.07) is 13.5. The minimum atomic E-state index is -0.673. The SMILES string of the molecule is COC(=O)C1=C(C)N(Cc2ccc(OC)cc2)C(=O)CC1c1ccccc1F. The van der Waals surface area contributed by atoms with Crippen LogP contribution in [0.1, 0.15) is 30.4 Å². The molecule has 1 unspecified atom stereocenters. The molecule has 0 aliphatic carbocycles. The van der Waals surface area contributed by atoms with Crippen molar-refractivity contribution in [1.29, 1.82) is 0 Å². The predicted molar refractivity (Wildman–Crippen MR) is 102 cm³/mol. The molecular formula is C22H22FNO4. The Labute approximate surface area is 163 Å². The molecule has 1 amide bonds. The minimum absolute atomic E-state index is 0.00113. The lowest BCUT2D eigenvalue weighted by molar-refractivity contribution is -0.138. The molecule has 2 aromatic rings. The highest BCUT2D eigenvalue weighted by Crippen LogP contribution is 2.38. The van der Waals surface area contributed by atoms with E-state index in [4.69, 9.17) is 9.47 Å². The fourth-order valence-electron chi connectivity index (χ4n) is 3.51. The number of benzene rings is 2. The Morgan fingerprint density at radius 2 is 1.82 bits per heavy atom. The van der Waals surface area contributed by atoms with Gasteiger partial charge in [0.25, 0.3) is 0 Å². The first kappa shape index (κ1) is 19.6. The predicted octanol–water partition coefficient (Wildman–Crippen LogP) is 3.80. The third kappa shape index (κ3) is 3.76. The number of methoxy groups -OCH3 is 2. The second-order valence-corrected chi connectivity index (χ2v) is 6.60. The first-order valence-corrected chi connectivity index (χ1v) is 8.93. The number of ether oxygens (including phenoxy) is 2. The summed E-state index contributed by atoms with van der Waals surface area (Å²) in [4.78, 5) is 26.9. The van der Waals surface area contributed by atoms with Crippen molar-refractivity contribution in [3.05, 3.63) is 76.7 Å². The number of amides is 1. The fraction of sp³-hybridized carbons (Fsp3) is 0.273. The van der Waals surface area contributed by atoms with Crippen molar-refractivity contribution in [2.75, 3.05) is 14.2 Å². The lowest BCUT2D eigenvalue weighted by Gasteiger charge is -2.34. The highest BCUT2D eigenvalue weighted by atomic mass is 19.1. The molecular weight excluding hydrogens is 361 g/mol. The van der Waals surface area contributed by atoms with E-state index in [9.17, 15) is 14.0 Å². The molecule has 0 spiro atoms. The number of nitrogens with zero attached hydrogens (tertiary/aromatic N) is 1. The van der Waals surface area contributed by atoms with Gasteiger partial charge in [-0.3, -0.25) is 4.79 Å². The molecule has 0 fully saturated rings. The lowest BCUT2D eigenvalue weighted by Crippen LogP contribution is -2.38. The normalized spacial score (nSPS) is 16.9. The van der Waals surface area contributed by atoms with Crippen molar-refractivity contribution >= 4 is 11.9 Å². The van der Waals surface area contributed by atoms with Crippen LogP contribution in [0.2, 0.25) is 0 Å². The molecule has 2 aromatic carbocycles. The number of carbonyl (C=O) groups is 2. The van der Waals surface area contributed by atoms with E-state index >= 15 is 0 Å². The van der Waals surface area contributed by atoms with E-state index in [0.29, 0.717) is 23.4 Å². The van der Waals surface area contributed by atoms with E-state index in [1.807, 2.05) is 24.3 Å². The molecule has 6 heteroatoms. The number of rotatable bonds is 5. The smallest absolute Gasteiger partial charge is 0.336 e. The number of esters is 1. The van der Waals surface area contributed by atoms with Gasteiger partial charge in [0, 0.05) is 18.0 Å². The summed E-state index contributed by atoms with van der Waals surface area (Å²) in [7, 11) is 2.87. The summed E-state index contributed by atoms with van der Waals surface area (Å²) in [6.45, 7) is 2.00. The van der Waals surface area contributed by atoms with Crippen LogP contribution < -0.4 is 4.74 Å². The van der Waals surface area contributed by atoms with Crippen molar-refractivity contribution in [3.8, 4) is 5.75 Å². The van der Waals surface area contributed by atoms with Gasteiger partial charge in [-0.1, -0.05) is 30.3 Å².